The van der Waals surface area contributed by atoms with Gasteiger partial charge in [-0.2, -0.15) is 18.3 Å². The Balaban J connectivity index is 1.31. The molecule has 1 spiro atoms. The Morgan fingerprint density at radius 3 is 2.53 bits per heavy atom. The first-order chi connectivity index (χ1) is 15.1. The standard InChI is InChI=1S/C19H17BrF5N7/c20-11-4-27-14(19(23,24)25)3-13(11)31-9-18(10-31)1-2-30(8-18)16-6-26-12-5-28-32(7-15(21)22)17(12)29-16/h3-6,15H,1-2,7-10H2. The van der Waals surface area contributed by atoms with Crippen molar-refractivity contribution in [2.24, 2.45) is 5.41 Å². The largest absolute Gasteiger partial charge is 0.433 e. The minimum absolute atomic E-state index is 0.0824. The van der Waals surface area contributed by atoms with Gasteiger partial charge in [-0.3, -0.25) is 4.98 Å². The summed E-state index contributed by atoms with van der Waals surface area (Å²) in [6.45, 7) is 2.00. The molecular weight excluding hydrogens is 501 g/mol. The lowest BCUT2D eigenvalue weighted by Gasteiger charge is -2.49. The minimum Gasteiger partial charge on any atom is -0.369 e. The maximum Gasteiger partial charge on any atom is 0.433 e. The molecule has 0 saturated carbocycles. The van der Waals surface area contributed by atoms with Crippen molar-refractivity contribution in [1.29, 1.82) is 0 Å². The third-order valence-electron chi connectivity index (χ3n) is 5.92. The van der Waals surface area contributed by atoms with Crippen LogP contribution in [0.5, 0.6) is 0 Å². The number of hydrogen-bond donors (Lipinski definition) is 0. The van der Waals surface area contributed by atoms with Crippen molar-refractivity contribution in [2.75, 3.05) is 36.0 Å². The van der Waals surface area contributed by atoms with Crippen molar-refractivity contribution < 1.29 is 22.0 Å². The van der Waals surface area contributed by atoms with E-state index >= 15 is 0 Å². The second kappa shape index (κ2) is 7.49. The van der Waals surface area contributed by atoms with E-state index in [0.29, 0.717) is 53.3 Å². The third kappa shape index (κ3) is 3.76. The lowest BCUT2D eigenvalue weighted by atomic mass is 9.79. The third-order valence-corrected chi connectivity index (χ3v) is 6.54. The van der Waals surface area contributed by atoms with Crippen LogP contribution in [0.25, 0.3) is 11.2 Å². The molecule has 3 aromatic heterocycles. The molecule has 32 heavy (non-hydrogen) atoms. The molecule has 0 atom stereocenters. The van der Waals surface area contributed by atoms with E-state index in [9.17, 15) is 22.0 Å². The predicted molar refractivity (Wildman–Crippen MR) is 110 cm³/mol. The molecule has 5 rings (SSSR count). The van der Waals surface area contributed by atoms with Crippen LogP contribution in [0, 0.1) is 5.41 Å². The summed E-state index contributed by atoms with van der Waals surface area (Å²) in [5, 5.41) is 3.93. The molecule has 7 nitrogen and oxygen atoms in total. The zero-order valence-electron chi connectivity index (χ0n) is 16.5. The summed E-state index contributed by atoms with van der Waals surface area (Å²) in [6.07, 6.45) is -2.03. The Bertz CT molecular complexity index is 1160. The average molecular weight is 518 g/mol. The Labute approximate surface area is 187 Å². The topological polar surface area (TPSA) is 63.0 Å². The van der Waals surface area contributed by atoms with Crippen molar-refractivity contribution in [3.05, 3.63) is 34.8 Å². The van der Waals surface area contributed by atoms with Gasteiger partial charge in [-0.05, 0) is 28.4 Å². The Morgan fingerprint density at radius 1 is 1.06 bits per heavy atom. The molecule has 2 aliphatic heterocycles. The second-order valence-corrected chi connectivity index (χ2v) is 9.06. The van der Waals surface area contributed by atoms with E-state index in [1.165, 1.54) is 12.4 Å². The van der Waals surface area contributed by atoms with Gasteiger partial charge in [-0.15, -0.1) is 0 Å². The van der Waals surface area contributed by atoms with Gasteiger partial charge >= 0.3 is 6.18 Å². The number of aromatic nitrogens is 5. The van der Waals surface area contributed by atoms with Gasteiger partial charge in [-0.1, -0.05) is 0 Å². The molecule has 0 aliphatic carbocycles. The van der Waals surface area contributed by atoms with Crippen LogP contribution in [-0.4, -0.2) is 57.3 Å². The first kappa shape index (κ1) is 21.3. The average Bonchev–Trinajstić information content (AvgIpc) is 3.31. The van der Waals surface area contributed by atoms with Gasteiger partial charge in [-0.25, -0.2) is 23.4 Å². The van der Waals surface area contributed by atoms with Crippen LogP contribution in [0.1, 0.15) is 12.1 Å². The Kier molecular flexibility index (Phi) is 4.98. The van der Waals surface area contributed by atoms with Crippen LogP contribution in [-0.2, 0) is 12.7 Å². The Hall–Kier alpha value is -2.57. The Morgan fingerprint density at radius 2 is 1.81 bits per heavy atom. The molecule has 3 aromatic rings. The first-order valence-corrected chi connectivity index (χ1v) is 10.6. The fourth-order valence-corrected chi connectivity index (χ4v) is 4.87. The van der Waals surface area contributed by atoms with E-state index in [0.717, 1.165) is 17.2 Å². The van der Waals surface area contributed by atoms with Crippen molar-refractivity contribution in [3.8, 4) is 0 Å². The summed E-state index contributed by atoms with van der Waals surface area (Å²) in [5.74, 6) is 0.577. The normalized spacial score (nSPS) is 18.2. The molecule has 0 N–H and O–H groups in total. The van der Waals surface area contributed by atoms with Crippen LogP contribution in [0.4, 0.5) is 33.5 Å². The molecular formula is C19H17BrF5N7. The van der Waals surface area contributed by atoms with Crippen LogP contribution in [0.2, 0.25) is 0 Å². The van der Waals surface area contributed by atoms with E-state index in [4.69, 9.17) is 0 Å². The number of nitrogens with zero attached hydrogens (tertiary/aromatic N) is 7. The monoisotopic (exact) mass is 517 g/mol. The van der Waals surface area contributed by atoms with Crippen LogP contribution in [0.15, 0.2) is 29.1 Å². The number of fused-ring (bicyclic) bond motifs is 1. The van der Waals surface area contributed by atoms with Crippen molar-refractivity contribution in [2.45, 2.75) is 25.6 Å². The molecule has 170 valence electrons. The summed E-state index contributed by atoms with van der Waals surface area (Å²) in [5.41, 5.74) is 0.212. The van der Waals surface area contributed by atoms with E-state index in [1.807, 2.05) is 9.80 Å². The highest BCUT2D eigenvalue weighted by Gasteiger charge is 2.49. The molecule has 0 radical (unpaired) electrons. The molecule has 0 unspecified atom stereocenters. The number of hydrogen-bond acceptors (Lipinski definition) is 6. The number of anilines is 2. The highest BCUT2D eigenvalue weighted by Crippen LogP contribution is 2.45. The van der Waals surface area contributed by atoms with Crippen molar-refractivity contribution in [3.63, 3.8) is 0 Å². The highest BCUT2D eigenvalue weighted by atomic mass is 79.9. The van der Waals surface area contributed by atoms with E-state index < -0.39 is 24.8 Å². The molecule has 13 heteroatoms. The fraction of sp³-hybridized carbons (Fsp3) is 0.474. The van der Waals surface area contributed by atoms with E-state index in [-0.39, 0.29) is 5.41 Å². The summed E-state index contributed by atoms with van der Waals surface area (Å²) < 4.78 is 66.3. The zero-order valence-corrected chi connectivity index (χ0v) is 18.1. The SMILES string of the molecule is FC(F)Cn1ncc2ncc(N3CCC4(C3)CN(c3cc(C(F)(F)F)ncc3Br)C4)nc21. The molecule has 0 aromatic carbocycles. The van der Waals surface area contributed by atoms with Gasteiger partial charge in [0.1, 0.15) is 23.6 Å². The minimum atomic E-state index is -4.50. The summed E-state index contributed by atoms with van der Waals surface area (Å²) >= 11 is 3.30. The van der Waals surface area contributed by atoms with E-state index in [1.54, 1.807) is 6.20 Å². The van der Waals surface area contributed by atoms with Gasteiger partial charge in [0.25, 0.3) is 6.43 Å². The summed E-state index contributed by atoms with van der Waals surface area (Å²) in [6, 6.07) is 1.06. The van der Waals surface area contributed by atoms with Crippen LogP contribution in [0.3, 0.4) is 0 Å². The van der Waals surface area contributed by atoms with Gasteiger partial charge in [0.05, 0.1) is 22.6 Å². The molecule has 0 bridgehead atoms. The number of halogens is 6. The summed E-state index contributed by atoms with van der Waals surface area (Å²) in [4.78, 5) is 16.2. The zero-order chi connectivity index (χ0) is 22.7. The molecule has 5 heterocycles. The summed E-state index contributed by atoms with van der Waals surface area (Å²) in [7, 11) is 0. The van der Waals surface area contributed by atoms with Crippen LogP contribution >= 0.6 is 15.9 Å². The molecule has 2 fully saturated rings. The van der Waals surface area contributed by atoms with Gasteiger partial charge in [0.15, 0.2) is 5.65 Å². The molecule has 2 saturated heterocycles. The van der Waals surface area contributed by atoms with Crippen LogP contribution < -0.4 is 9.80 Å². The quantitative estimate of drug-likeness (QED) is 0.488. The second-order valence-electron chi connectivity index (χ2n) is 8.20. The lowest BCUT2D eigenvalue weighted by Crippen LogP contribution is -2.58. The van der Waals surface area contributed by atoms with Gasteiger partial charge in [0.2, 0.25) is 0 Å². The van der Waals surface area contributed by atoms with Gasteiger partial charge < -0.3 is 9.80 Å². The van der Waals surface area contributed by atoms with Crippen molar-refractivity contribution >= 4 is 38.6 Å². The number of pyridine rings is 1. The maximum absolute atomic E-state index is 13.0. The van der Waals surface area contributed by atoms with E-state index in [2.05, 4.69) is 36.0 Å². The highest BCUT2D eigenvalue weighted by molar-refractivity contribution is 9.10. The predicted octanol–water partition coefficient (Wildman–Crippen LogP) is 3.98. The van der Waals surface area contributed by atoms with Gasteiger partial charge in [0, 0.05) is 37.8 Å². The molecule has 2 aliphatic rings. The van der Waals surface area contributed by atoms with Crippen molar-refractivity contribution in [1.82, 2.24) is 24.7 Å². The maximum atomic E-state index is 13.0. The first-order valence-electron chi connectivity index (χ1n) is 9.83. The smallest absolute Gasteiger partial charge is 0.369 e. The number of rotatable bonds is 4. The lowest BCUT2D eigenvalue weighted by molar-refractivity contribution is -0.141. The molecule has 0 amide bonds. The number of alkyl halides is 5. The fourth-order valence-electron chi connectivity index (χ4n) is 4.40.